The molecule has 1 aromatic carbocycles. The average molecular weight is 388 g/mol. The summed E-state index contributed by atoms with van der Waals surface area (Å²) in [5.41, 5.74) is 8.46. The highest BCUT2D eigenvalue weighted by Gasteiger charge is 2.33. The Morgan fingerprint density at radius 1 is 1.21 bits per heavy atom. The zero-order valence-electron chi connectivity index (χ0n) is 16.9. The molecule has 1 aliphatic rings. The first-order valence-electron chi connectivity index (χ1n) is 10.4. The van der Waals surface area contributed by atoms with E-state index in [1.165, 1.54) is 31.2 Å². The highest BCUT2D eigenvalue weighted by molar-refractivity contribution is 6.00. The Labute approximate surface area is 167 Å². The minimum Gasteiger partial charge on any atom is -0.359 e. The van der Waals surface area contributed by atoms with E-state index in [4.69, 9.17) is 5.73 Å². The molecule has 2 rings (SSSR count). The zero-order chi connectivity index (χ0) is 20.4. The first-order valence-corrected chi connectivity index (χ1v) is 10.4. The predicted molar refractivity (Wildman–Crippen MR) is 110 cm³/mol. The molecule has 28 heavy (non-hydrogen) atoms. The van der Waals surface area contributed by atoms with Gasteiger partial charge < -0.3 is 20.7 Å². The molecule has 1 aromatic rings. The van der Waals surface area contributed by atoms with Gasteiger partial charge in [0.2, 0.25) is 5.91 Å². The van der Waals surface area contributed by atoms with Gasteiger partial charge in [-0.1, -0.05) is 37.8 Å². The molecule has 0 spiro atoms. The number of carbonyl (C=O) groups is 3. The van der Waals surface area contributed by atoms with Crippen LogP contribution < -0.4 is 11.1 Å². The van der Waals surface area contributed by atoms with Crippen molar-refractivity contribution in [1.29, 1.82) is 0 Å². The first-order chi connectivity index (χ1) is 13.6. The molecule has 2 amide bonds. The number of aldehydes is 1. The second-order valence-corrected chi connectivity index (χ2v) is 7.45. The summed E-state index contributed by atoms with van der Waals surface area (Å²) in [7, 11) is 1.57. The molecule has 1 atom stereocenters. The van der Waals surface area contributed by atoms with Crippen molar-refractivity contribution in [2.24, 2.45) is 5.73 Å². The molecule has 154 valence electrons. The van der Waals surface area contributed by atoms with Crippen LogP contribution in [-0.2, 0) is 22.6 Å². The summed E-state index contributed by atoms with van der Waals surface area (Å²) in [6.07, 6.45) is 9.33. The summed E-state index contributed by atoms with van der Waals surface area (Å²) in [5, 5.41) is 2.55. The van der Waals surface area contributed by atoms with Crippen LogP contribution in [0.15, 0.2) is 18.2 Å². The number of hydrogen-bond acceptors (Lipinski definition) is 4. The summed E-state index contributed by atoms with van der Waals surface area (Å²) in [6.45, 7) is 1.23. The molecule has 0 radical (unpaired) electrons. The van der Waals surface area contributed by atoms with Gasteiger partial charge in [0, 0.05) is 25.6 Å². The third-order valence-corrected chi connectivity index (χ3v) is 5.50. The van der Waals surface area contributed by atoms with Gasteiger partial charge >= 0.3 is 0 Å². The van der Waals surface area contributed by atoms with E-state index in [1.54, 1.807) is 11.9 Å². The number of nitrogens with two attached hydrogens (primary N) is 1. The number of benzene rings is 1. The molecule has 0 saturated carbocycles. The van der Waals surface area contributed by atoms with E-state index in [9.17, 15) is 14.4 Å². The fourth-order valence-corrected chi connectivity index (χ4v) is 3.79. The number of nitrogens with one attached hydrogen (secondary N) is 1. The Hall–Kier alpha value is -2.21. The largest absolute Gasteiger partial charge is 0.359 e. The van der Waals surface area contributed by atoms with Crippen molar-refractivity contribution in [2.45, 2.75) is 70.4 Å². The second-order valence-electron chi connectivity index (χ2n) is 7.45. The summed E-state index contributed by atoms with van der Waals surface area (Å²) in [4.78, 5) is 37.5. The Morgan fingerprint density at radius 3 is 2.61 bits per heavy atom. The standard InChI is InChI=1S/C22H33N3O3/c1-24-21(27)13-12-18(16-26)25-15-20-17(10-8-11-19(20)22(25)28)9-6-4-2-3-5-7-14-23/h8,10-11,16,18H,2-7,9,12-15,23H2,1H3,(H,24,27). The molecule has 0 aliphatic carbocycles. The van der Waals surface area contributed by atoms with Crippen molar-refractivity contribution < 1.29 is 14.4 Å². The summed E-state index contributed by atoms with van der Waals surface area (Å²) in [5.74, 6) is -0.226. The van der Waals surface area contributed by atoms with Gasteiger partial charge in [0.1, 0.15) is 6.29 Å². The third-order valence-electron chi connectivity index (χ3n) is 5.50. The Morgan fingerprint density at radius 2 is 1.93 bits per heavy atom. The lowest BCUT2D eigenvalue weighted by Gasteiger charge is -2.22. The molecule has 6 nitrogen and oxygen atoms in total. The highest BCUT2D eigenvalue weighted by Crippen LogP contribution is 2.29. The van der Waals surface area contributed by atoms with E-state index in [0.29, 0.717) is 18.5 Å². The van der Waals surface area contributed by atoms with E-state index in [2.05, 4.69) is 11.4 Å². The fourth-order valence-electron chi connectivity index (χ4n) is 3.79. The number of carbonyl (C=O) groups excluding carboxylic acids is 3. The van der Waals surface area contributed by atoms with Crippen LogP contribution in [0.4, 0.5) is 0 Å². The van der Waals surface area contributed by atoms with Crippen LogP contribution in [0, 0.1) is 0 Å². The second kappa shape index (κ2) is 11.6. The summed E-state index contributed by atoms with van der Waals surface area (Å²) >= 11 is 0. The molecule has 0 fully saturated rings. The van der Waals surface area contributed by atoms with Gasteiger partial charge in [0.05, 0.1) is 6.04 Å². The van der Waals surface area contributed by atoms with Gasteiger partial charge in [-0.2, -0.15) is 0 Å². The van der Waals surface area contributed by atoms with Gasteiger partial charge in [-0.05, 0) is 49.4 Å². The summed E-state index contributed by atoms with van der Waals surface area (Å²) < 4.78 is 0. The SMILES string of the molecule is CNC(=O)CCC(C=O)N1Cc2c(CCCCCCCCN)cccc2C1=O. The Bertz CT molecular complexity index is 675. The Balaban J connectivity index is 1.93. The highest BCUT2D eigenvalue weighted by atomic mass is 16.2. The fraction of sp³-hybridized carbons (Fsp3) is 0.591. The minimum absolute atomic E-state index is 0.104. The lowest BCUT2D eigenvalue weighted by molar-refractivity contribution is -0.121. The van der Waals surface area contributed by atoms with Crippen molar-refractivity contribution >= 4 is 18.1 Å². The maximum absolute atomic E-state index is 12.8. The van der Waals surface area contributed by atoms with Gasteiger partial charge in [0.25, 0.3) is 5.91 Å². The van der Waals surface area contributed by atoms with E-state index < -0.39 is 6.04 Å². The molecule has 6 heteroatoms. The molecule has 3 N–H and O–H groups in total. The monoisotopic (exact) mass is 387 g/mol. The van der Waals surface area contributed by atoms with Gasteiger partial charge in [-0.25, -0.2) is 0 Å². The smallest absolute Gasteiger partial charge is 0.255 e. The van der Waals surface area contributed by atoms with Crippen LogP contribution in [0.25, 0.3) is 0 Å². The van der Waals surface area contributed by atoms with Crippen LogP contribution in [0.2, 0.25) is 0 Å². The summed E-state index contributed by atoms with van der Waals surface area (Å²) in [6, 6.07) is 5.30. The van der Waals surface area contributed by atoms with Crippen molar-refractivity contribution in [3.63, 3.8) is 0 Å². The molecule has 1 heterocycles. The maximum atomic E-state index is 12.8. The van der Waals surface area contributed by atoms with Gasteiger partial charge in [-0.15, -0.1) is 0 Å². The lowest BCUT2D eigenvalue weighted by atomic mass is 9.98. The number of fused-ring (bicyclic) bond motifs is 1. The average Bonchev–Trinajstić information content (AvgIpc) is 3.05. The van der Waals surface area contributed by atoms with Crippen LogP contribution in [0.3, 0.4) is 0 Å². The maximum Gasteiger partial charge on any atom is 0.255 e. The quantitative estimate of drug-likeness (QED) is 0.402. The lowest BCUT2D eigenvalue weighted by Crippen LogP contribution is -2.37. The first kappa shape index (κ1) is 22.1. The van der Waals surface area contributed by atoms with Crippen molar-refractivity contribution in [3.8, 4) is 0 Å². The van der Waals surface area contributed by atoms with Gasteiger partial charge in [0.15, 0.2) is 0 Å². The number of hydrogen-bond donors (Lipinski definition) is 2. The van der Waals surface area contributed by atoms with Gasteiger partial charge in [-0.3, -0.25) is 9.59 Å². The molecule has 0 saturated heterocycles. The van der Waals surface area contributed by atoms with E-state index >= 15 is 0 Å². The number of unbranched alkanes of at least 4 members (excludes halogenated alkanes) is 5. The van der Waals surface area contributed by atoms with Crippen LogP contribution in [0.1, 0.15) is 72.9 Å². The third kappa shape index (κ3) is 5.89. The number of nitrogens with zero attached hydrogens (tertiary/aromatic N) is 1. The minimum atomic E-state index is -0.562. The van der Waals surface area contributed by atoms with E-state index in [0.717, 1.165) is 37.7 Å². The van der Waals surface area contributed by atoms with Crippen molar-refractivity contribution in [3.05, 3.63) is 34.9 Å². The molecule has 1 aliphatic heterocycles. The molecule has 0 bridgehead atoms. The predicted octanol–water partition coefficient (Wildman–Crippen LogP) is 2.58. The zero-order valence-corrected chi connectivity index (χ0v) is 16.9. The van der Waals surface area contributed by atoms with E-state index in [-0.39, 0.29) is 18.2 Å². The van der Waals surface area contributed by atoms with Crippen molar-refractivity contribution in [2.75, 3.05) is 13.6 Å². The molecular formula is C22H33N3O3. The Kier molecular flexibility index (Phi) is 9.14. The van der Waals surface area contributed by atoms with Crippen LogP contribution in [-0.4, -0.2) is 42.6 Å². The van der Waals surface area contributed by atoms with Crippen molar-refractivity contribution in [1.82, 2.24) is 10.2 Å². The van der Waals surface area contributed by atoms with Crippen LogP contribution in [0.5, 0.6) is 0 Å². The normalized spacial score (nSPS) is 14.1. The van der Waals surface area contributed by atoms with E-state index in [1.807, 2.05) is 12.1 Å². The number of rotatable bonds is 13. The molecular weight excluding hydrogens is 354 g/mol. The molecule has 1 unspecified atom stereocenters. The van der Waals surface area contributed by atoms with Crippen LogP contribution >= 0.6 is 0 Å². The molecule has 0 aromatic heterocycles. The number of aryl methyl sites for hydroxylation is 1. The topological polar surface area (TPSA) is 92.5 Å². The number of amides is 2.